The van der Waals surface area contributed by atoms with Crippen molar-refractivity contribution in [1.82, 2.24) is 9.97 Å². The van der Waals surface area contributed by atoms with Gasteiger partial charge >= 0.3 is 6.18 Å². The van der Waals surface area contributed by atoms with Crippen molar-refractivity contribution in [2.24, 2.45) is 5.73 Å². The first-order valence-corrected chi connectivity index (χ1v) is 8.07. The Kier molecular flexibility index (Phi) is 4.92. The summed E-state index contributed by atoms with van der Waals surface area (Å²) in [4.78, 5) is 19.4. The van der Waals surface area contributed by atoms with E-state index in [2.05, 4.69) is 9.97 Å². The minimum Gasteiger partial charge on any atom is -0.453 e. The Labute approximate surface area is 147 Å². The second-order valence-electron chi connectivity index (χ2n) is 5.83. The van der Waals surface area contributed by atoms with E-state index in [9.17, 15) is 18.0 Å². The van der Waals surface area contributed by atoms with Crippen molar-refractivity contribution in [1.29, 1.82) is 0 Å². The molecular formula is C18H16F3N3O2. The van der Waals surface area contributed by atoms with Crippen molar-refractivity contribution in [3.63, 3.8) is 0 Å². The van der Waals surface area contributed by atoms with Crippen molar-refractivity contribution in [3.8, 4) is 11.5 Å². The topological polar surface area (TPSA) is 78.1 Å². The van der Waals surface area contributed by atoms with Crippen LogP contribution in [0.1, 0.15) is 47.7 Å². The van der Waals surface area contributed by atoms with Gasteiger partial charge in [-0.2, -0.15) is 13.2 Å². The van der Waals surface area contributed by atoms with Crippen LogP contribution in [0, 0.1) is 0 Å². The van der Waals surface area contributed by atoms with E-state index in [0.29, 0.717) is 12.0 Å². The highest BCUT2D eigenvalue weighted by Crippen LogP contribution is 2.39. The number of rotatable bonds is 4. The number of benzene rings is 1. The Morgan fingerprint density at radius 2 is 1.85 bits per heavy atom. The van der Waals surface area contributed by atoms with E-state index in [4.69, 9.17) is 10.5 Å². The van der Waals surface area contributed by atoms with Crippen molar-refractivity contribution in [3.05, 3.63) is 53.6 Å². The highest BCUT2D eigenvalue weighted by atomic mass is 19.4. The lowest BCUT2D eigenvalue weighted by molar-refractivity contribution is -0.142. The van der Waals surface area contributed by atoms with Gasteiger partial charge in [-0.15, -0.1) is 0 Å². The van der Waals surface area contributed by atoms with Gasteiger partial charge in [0, 0.05) is 0 Å². The van der Waals surface area contributed by atoms with Gasteiger partial charge in [-0.05, 0) is 43.4 Å². The van der Waals surface area contributed by atoms with Crippen LogP contribution in [0.25, 0.3) is 5.57 Å². The van der Waals surface area contributed by atoms with E-state index in [0.717, 1.165) is 19.3 Å². The van der Waals surface area contributed by atoms with Gasteiger partial charge < -0.3 is 10.5 Å². The molecule has 1 amide bonds. The molecule has 1 heterocycles. The van der Waals surface area contributed by atoms with Gasteiger partial charge in [0.25, 0.3) is 5.91 Å². The molecule has 8 heteroatoms. The quantitative estimate of drug-likeness (QED) is 0.876. The minimum atomic E-state index is -4.83. The van der Waals surface area contributed by atoms with Gasteiger partial charge in [0.05, 0.1) is 0 Å². The molecule has 2 N–H and O–H groups in total. The van der Waals surface area contributed by atoms with Crippen molar-refractivity contribution < 1.29 is 22.7 Å². The normalized spacial score (nSPS) is 14.7. The summed E-state index contributed by atoms with van der Waals surface area (Å²) in [6, 6.07) is 7.79. The molecule has 0 saturated carbocycles. The number of halogens is 3. The number of primary amides is 1. The summed E-state index contributed by atoms with van der Waals surface area (Å²) in [6.07, 6.45) is 0.0174. The molecule has 0 bridgehead atoms. The number of nitrogens with zero attached hydrogens (tertiary/aromatic N) is 2. The first-order chi connectivity index (χ1) is 12.4. The Morgan fingerprint density at radius 1 is 1.12 bits per heavy atom. The summed E-state index contributed by atoms with van der Waals surface area (Å²) < 4.78 is 46.1. The molecule has 1 aliphatic carbocycles. The summed E-state index contributed by atoms with van der Waals surface area (Å²) >= 11 is 0. The molecule has 0 fully saturated rings. The molecule has 0 unspecified atom stereocenters. The van der Waals surface area contributed by atoms with E-state index in [1.807, 2.05) is 0 Å². The molecule has 0 atom stereocenters. The molecule has 1 aromatic heterocycles. The van der Waals surface area contributed by atoms with Crippen molar-refractivity contribution in [2.75, 3.05) is 0 Å². The Morgan fingerprint density at radius 3 is 2.42 bits per heavy atom. The van der Waals surface area contributed by atoms with Crippen molar-refractivity contribution >= 4 is 11.5 Å². The lowest BCUT2D eigenvalue weighted by Gasteiger charge is -2.18. The number of para-hydroxylation sites is 1. The third-order valence-corrected chi connectivity index (χ3v) is 3.91. The van der Waals surface area contributed by atoms with Gasteiger partial charge in [0.15, 0.2) is 23.0 Å². The second kappa shape index (κ2) is 7.15. The average molecular weight is 363 g/mol. The van der Waals surface area contributed by atoms with E-state index in [-0.39, 0.29) is 11.6 Å². The van der Waals surface area contributed by atoms with E-state index < -0.39 is 29.2 Å². The molecule has 0 spiro atoms. The molecule has 5 nitrogen and oxygen atoms in total. The molecule has 0 saturated heterocycles. The van der Waals surface area contributed by atoms with Crippen LogP contribution in [0.5, 0.6) is 11.5 Å². The van der Waals surface area contributed by atoms with Crippen LogP contribution in [-0.2, 0) is 6.18 Å². The number of carbonyl (C=O) groups is 1. The maximum absolute atomic E-state index is 13.6. The Bertz CT molecular complexity index is 849. The highest BCUT2D eigenvalue weighted by molar-refractivity contribution is 5.94. The fraction of sp³-hybridized carbons (Fsp3) is 0.278. The largest absolute Gasteiger partial charge is 0.453 e. The number of amides is 1. The summed E-state index contributed by atoms with van der Waals surface area (Å²) in [7, 11) is 0. The number of alkyl halides is 3. The fourth-order valence-corrected chi connectivity index (χ4v) is 2.70. The van der Waals surface area contributed by atoms with Gasteiger partial charge in [-0.3, -0.25) is 4.79 Å². The van der Waals surface area contributed by atoms with Crippen LogP contribution in [-0.4, -0.2) is 15.9 Å². The molecule has 26 heavy (non-hydrogen) atoms. The van der Waals surface area contributed by atoms with Crippen LogP contribution in [0.4, 0.5) is 13.2 Å². The zero-order chi connectivity index (χ0) is 18.7. The van der Waals surface area contributed by atoms with E-state index in [1.54, 1.807) is 24.3 Å². The summed E-state index contributed by atoms with van der Waals surface area (Å²) in [6.45, 7) is 0. The van der Waals surface area contributed by atoms with Gasteiger partial charge in [0.2, 0.25) is 0 Å². The van der Waals surface area contributed by atoms with Gasteiger partial charge in [0.1, 0.15) is 5.75 Å². The monoisotopic (exact) mass is 363 g/mol. The molecule has 3 rings (SSSR count). The third kappa shape index (κ3) is 3.84. The van der Waals surface area contributed by atoms with Crippen molar-refractivity contribution in [2.45, 2.75) is 31.9 Å². The smallest absolute Gasteiger partial charge is 0.437 e. The van der Waals surface area contributed by atoms with Crippen LogP contribution in [0.3, 0.4) is 0 Å². The lowest BCUT2D eigenvalue weighted by atomic mass is 9.99. The fourth-order valence-electron chi connectivity index (χ4n) is 2.70. The number of carbonyl (C=O) groups excluding carboxylic acids is 1. The van der Waals surface area contributed by atoms with Crippen LogP contribution >= 0.6 is 0 Å². The number of hydrogen-bond acceptors (Lipinski definition) is 4. The molecule has 1 aliphatic rings. The molecule has 0 radical (unpaired) electrons. The summed E-state index contributed by atoms with van der Waals surface area (Å²) in [5.74, 6) is -1.90. The first kappa shape index (κ1) is 17.9. The van der Waals surface area contributed by atoms with Gasteiger partial charge in [-0.25, -0.2) is 9.97 Å². The molecule has 0 aliphatic heterocycles. The summed E-state index contributed by atoms with van der Waals surface area (Å²) in [5.41, 5.74) is 3.96. The van der Waals surface area contributed by atoms with E-state index in [1.165, 1.54) is 12.1 Å². The lowest BCUT2D eigenvalue weighted by Crippen LogP contribution is -2.21. The average Bonchev–Trinajstić information content (AvgIpc) is 2.62. The molecule has 2 aromatic rings. The minimum absolute atomic E-state index is 0.119. The maximum atomic E-state index is 13.6. The Hall–Kier alpha value is -2.90. The van der Waals surface area contributed by atoms with Crippen LogP contribution in [0.15, 0.2) is 36.4 Å². The predicted octanol–water partition coefficient (Wildman–Crippen LogP) is 4.34. The van der Waals surface area contributed by atoms with Gasteiger partial charge in [-0.1, -0.05) is 24.3 Å². The number of ether oxygens (including phenoxy) is 1. The number of hydrogen-bond donors (Lipinski definition) is 1. The number of nitrogens with two attached hydrogens (primary N) is 1. The first-order valence-electron chi connectivity index (χ1n) is 8.07. The SMILES string of the molecule is NC(=O)c1nc(C2=CCCCC2)nc(C(F)(F)F)c1Oc1ccccc1. The van der Waals surface area contributed by atoms with Crippen LogP contribution in [0.2, 0.25) is 0 Å². The highest BCUT2D eigenvalue weighted by Gasteiger charge is 2.40. The molecular weight excluding hydrogens is 347 g/mol. The molecule has 1 aromatic carbocycles. The zero-order valence-corrected chi connectivity index (χ0v) is 13.7. The third-order valence-electron chi connectivity index (χ3n) is 3.91. The standard InChI is InChI=1S/C18H16F3N3O2/c19-18(20,21)15-14(26-12-9-5-2-6-10-12)13(16(22)25)23-17(24-15)11-7-3-1-4-8-11/h2,5-7,9-10H,1,3-4,8H2,(H2,22,25). The number of aromatic nitrogens is 2. The van der Waals surface area contributed by atoms with Crippen LogP contribution < -0.4 is 10.5 Å². The molecule has 136 valence electrons. The maximum Gasteiger partial charge on any atom is 0.437 e. The zero-order valence-electron chi connectivity index (χ0n) is 13.7. The second-order valence-corrected chi connectivity index (χ2v) is 5.83. The predicted molar refractivity (Wildman–Crippen MR) is 88.5 cm³/mol. The Balaban J connectivity index is 2.17. The number of allylic oxidation sites excluding steroid dienone is 2. The van der Waals surface area contributed by atoms with E-state index >= 15 is 0 Å². The summed E-state index contributed by atoms with van der Waals surface area (Å²) in [5, 5.41) is 0.